The van der Waals surface area contributed by atoms with Crippen molar-refractivity contribution in [2.75, 3.05) is 12.4 Å². The first-order valence-corrected chi connectivity index (χ1v) is 9.58. The molecule has 0 saturated carbocycles. The number of anilines is 1. The van der Waals surface area contributed by atoms with Crippen LogP contribution >= 0.6 is 11.3 Å². The summed E-state index contributed by atoms with van der Waals surface area (Å²) in [5, 5.41) is 5.79. The summed E-state index contributed by atoms with van der Waals surface area (Å²) in [5.41, 5.74) is 1.41. The standard InChI is InChI=1S/C20H19N3O3S/c1-26-15-5-4-13-9-14(11-21-17(13)10-15)22-20(25)18-6-7-19(24)23(18)12-16-3-2-8-27-16/h2-5,8-11,18H,6-7,12H2,1H3,(H,22,25). The van der Waals surface area contributed by atoms with Crippen LogP contribution in [0.15, 0.2) is 48.0 Å². The smallest absolute Gasteiger partial charge is 0.247 e. The molecule has 3 aromatic rings. The van der Waals surface area contributed by atoms with Gasteiger partial charge in [0.15, 0.2) is 0 Å². The molecular formula is C20H19N3O3S. The van der Waals surface area contributed by atoms with Crippen molar-refractivity contribution in [1.29, 1.82) is 0 Å². The summed E-state index contributed by atoms with van der Waals surface area (Å²) in [6.07, 6.45) is 2.56. The number of carbonyl (C=O) groups is 2. The van der Waals surface area contributed by atoms with Gasteiger partial charge in [0.1, 0.15) is 11.8 Å². The quantitative estimate of drug-likeness (QED) is 0.735. The number of ether oxygens (including phenoxy) is 1. The van der Waals surface area contributed by atoms with Crippen molar-refractivity contribution < 1.29 is 14.3 Å². The SMILES string of the molecule is COc1ccc2cc(NC(=O)C3CCC(=O)N3Cc3cccs3)cnc2c1. The van der Waals surface area contributed by atoms with Crippen molar-refractivity contribution >= 4 is 39.7 Å². The van der Waals surface area contributed by atoms with E-state index in [4.69, 9.17) is 4.74 Å². The molecule has 1 N–H and O–H groups in total. The third-order valence-electron chi connectivity index (χ3n) is 4.70. The number of benzene rings is 1. The maximum atomic E-state index is 12.8. The van der Waals surface area contributed by atoms with E-state index in [9.17, 15) is 9.59 Å². The zero-order chi connectivity index (χ0) is 18.8. The molecule has 7 heteroatoms. The van der Waals surface area contributed by atoms with E-state index in [0.717, 1.165) is 21.5 Å². The highest BCUT2D eigenvalue weighted by Crippen LogP contribution is 2.26. The number of aromatic nitrogens is 1. The third kappa shape index (κ3) is 3.64. The Morgan fingerprint density at radius 1 is 1.37 bits per heavy atom. The summed E-state index contributed by atoms with van der Waals surface area (Å²) in [5.74, 6) is 0.583. The van der Waals surface area contributed by atoms with Crippen LogP contribution in [0.25, 0.3) is 10.9 Å². The maximum Gasteiger partial charge on any atom is 0.247 e. The molecule has 0 radical (unpaired) electrons. The number of likely N-dealkylation sites (tertiary alicyclic amines) is 1. The first-order valence-electron chi connectivity index (χ1n) is 8.70. The van der Waals surface area contributed by atoms with E-state index in [1.807, 2.05) is 41.8 Å². The second-order valence-corrected chi connectivity index (χ2v) is 7.46. The Hall–Kier alpha value is -2.93. The van der Waals surface area contributed by atoms with Gasteiger partial charge in [0, 0.05) is 22.8 Å². The Bertz CT molecular complexity index is 987. The molecule has 27 heavy (non-hydrogen) atoms. The molecule has 138 valence electrons. The van der Waals surface area contributed by atoms with Gasteiger partial charge in [-0.25, -0.2) is 0 Å². The minimum absolute atomic E-state index is 0.0206. The molecule has 6 nitrogen and oxygen atoms in total. The van der Waals surface area contributed by atoms with E-state index >= 15 is 0 Å². The number of amides is 2. The van der Waals surface area contributed by atoms with Crippen LogP contribution in [0, 0.1) is 0 Å². The number of methoxy groups -OCH3 is 1. The lowest BCUT2D eigenvalue weighted by Gasteiger charge is -2.23. The van der Waals surface area contributed by atoms with Crippen LogP contribution in [0.1, 0.15) is 17.7 Å². The van der Waals surface area contributed by atoms with Crippen molar-refractivity contribution in [3.63, 3.8) is 0 Å². The van der Waals surface area contributed by atoms with E-state index < -0.39 is 6.04 Å². The number of thiophene rings is 1. The van der Waals surface area contributed by atoms with Gasteiger partial charge in [0.25, 0.3) is 0 Å². The van der Waals surface area contributed by atoms with Gasteiger partial charge in [-0.15, -0.1) is 11.3 Å². The van der Waals surface area contributed by atoms with Gasteiger partial charge in [-0.05, 0) is 36.1 Å². The predicted molar refractivity (Wildman–Crippen MR) is 105 cm³/mol. The number of pyridine rings is 1. The Labute approximate surface area is 160 Å². The molecule has 1 unspecified atom stereocenters. The molecular weight excluding hydrogens is 362 g/mol. The largest absolute Gasteiger partial charge is 0.497 e. The lowest BCUT2D eigenvalue weighted by atomic mass is 10.1. The fourth-order valence-electron chi connectivity index (χ4n) is 3.30. The molecule has 0 bridgehead atoms. The first kappa shape index (κ1) is 17.5. The topological polar surface area (TPSA) is 71.5 Å². The minimum Gasteiger partial charge on any atom is -0.497 e. The fraction of sp³-hybridized carbons (Fsp3) is 0.250. The average Bonchev–Trinajstić information content (AvgIpc) is 3.32. The van der Waals surface area contributed by atoms with E-state index in [-0.39, 0.29) is 11.8 Å². The average molecular weight is 381 g/mol. The lowest BCUT2D eigenvalue weighted by Crippen LogP contribution is -2.41. The number of nitrogens with zero attached hydrogens (tertiary/aromatic N) is 2. The zero-order valence-electron chi connectivity index (χ0n) is 14.8. The van der Waals surface area contributed by atoms with Gasteiger partial charge in [0.05, 0.1) is 31.1 Å². The summed E-state index contributed by atoms with van der Waals surface area (Å²) in [4.78, 5) is 32.1. The van der Waals surface area contributed by atoms with Crippen LogP contribution in [0.4, 0.5) is 5.69 Å². The summed E-state index contributed by atoms with van der Waals surface area (Å²) in [6, 6.07) is 11.0. The number of rotatable bonds is 5. The van der Waals surface area contributed by atoms with E-state index in [2.05, 4.69) is 10.3 Å². The van der Waals surface area contributed by atoms with Crippen LogP contribution in [0.5, 0.6) is 5.75 Å². The summed E-state index contributed by atoms with van der Waals surface area (Å²) < 4.78 is 5.20. The number of carbonyl (C=O) groups excluding carboxylic acids is 2. The molecule has 1 aliphatic rings. The van der Waals surface area contributed by atoms with E-state index in [1.165, 1.54) is 0 Å². The van der Waals surface area contributed by atoms with Crippen molar-refractivity contribution in [1.82, 2.24) is 9.88 Å². The van der Waals surface area contributed by atoms with Crippen molar-refractivity contribution in [3.8, 4) is 5.75 Å². The van der Waals surface area contributed by atoms with Gasteiger partial charge < -0.3 is 15.0 Å². The third-order valence-corrected chi connectivity index (χ3v) is 5.56. The number of nitrogens with one attached hydrogen (secondary N) is 1. The van der Waals surface area contributed by atoms with Crippen LogP contribution < -0.4 is 10.1 Å². The molecule has 1 atom stereocenters. The van der Waals surface area contributed by atoms with Crippen molar-refractivity contribution in [2.45, 2.75) is 25.4 Å². The van der Waals surface area contributed by atoms with Gasteiger partial charge in [-0.3, -0.25) is 14.6 Å². The zero-order valence-corrected chi connectivity index (χ0v) is 15.7. The fourth-order valence-corrected chi connectivity index (χ4v) is 4.00. The highest BCUT2D eigenvalue weighted by atomic mass is 32.1. The molecule has 1 aromatic carbocycles. The molecule has 0 spiro atoms. The van der Waals surface area contributed by atoms with Crippen LogP contribution in [-0.4, -0.2) is 34.8 Å². The highest BCUT2D eigenvalue weighted by molar-refractivity contribution is 7.09. The lowest BCUT2D eigenvalue weighted by molar-refractivity contribution is -0.133. The van der Waals surface area contributed by atoms with Crippen molar-refractivity contribution in [2.24, 2.45) is 0 Å². The summed E-state index contributed by atoms with van der Waals surface area (Å²) >= 11 is 1.59. The Balaban J connectivity index is 1.50. The molecule has 1 aliphatic heterocycles. The Morgan fingerprint density at radius 2 is 2.26 bits per heavy atom. The molecule has 1 saturated heterocycles. The molecule has 2 aromatic heterocycles. The summed E-state index contributed by atoms with van der Waals surface area (Å²) in [6.45, 7) is 0.477. The van der Waals surface area contributed by atoms with E-state index in [1.54, 1.807) is 29.5 Å². The normalized spacial score (nSPS) is 16.7. The molecule has 2 amide bonds. The van der Waals surface area contributed by atoms with Gasteiger partial charge in [-0.1, -0.05) is 6.07 Å². The van der Waals surface area contributed by atoms with Crippen LogP contribution in [0.3, 0.4) is 0 Å². The Morgan fingerprint density at radius 3 is 3.04 bits per heavy atom. The van der Waals surface area contributed by atoms with Gasteiger partial charge in [0.2, 0.25) is 11.8 Å². The number of hydrogen-bond acceptors (Lipinski definition) is 5. The van der Waals surface area contributed by atoms with Gasteiger partial charge >= 0.3 is 0 Å². The van der Waals surface area contributed by atoms with Crippen LogP contribution in [0.2, 0.25) is 0 Å². The maximum absolute atomic E-state index is 12.8. The Kier molecular flexibility index (Phi) is 4.77. The highest BCUT2D eigenvalue weighted by Gasteiger charge is 2.36. The molecule has 1 fully saturated rings. The predicted octanol–water partition coefficient (Wildman–Crippen LogP) is 3.43. The number of fused-ring (bicyclic) bond motifs is 1. The molecule has 3 heterocycles. The summed E-state index contributed by atoms with van der Waals surface area (Å²) in [7, 11) is 1.61. The van der Waals surface area contributed by atoms with Gasteiger partial charge in [-0.2, -0.15) is 0 Å². The first-order chi connectivity index (χ1) is 13.1. The second kappa shape index (κ2) is 7.36. The number of hydrogen-bond donors (Lipinski definition) is 1. The van der Waals surface area contributed by atoms with E-state index in [0.29, 0.717) is 25.1 Å². The minimum atomic E-state index is -0.453. The van der Waals surface area contributed by atoms with Crippen molar-refractivity contribution in [3.05, 3.63) is 52.9 Å². The monoisotopic (exact) mass is 381 g/mol. The molecule has 4 rings (SSSR count). The second-order valence-electron chi connectivity index (χ2n) is 6.43. The van der Waals surface area contributed by atoms with Crippen LogP contribution in [-0.2, 0) is 16.1 Å². The molecule has 0 aliphatic carbocycles.